The van der Waals surface area contributed by atoms with Crippen LogP contribution in [-0.4, -0.2) is 98.9 Å². The number of ether oxygens (including phenoxy) is 4. The second kappa shape index (κ2) is 56.5. The van der Waals surface area contributed by atoms with Crippen molar-refractivity contribution in [3.05, 3.63) is 0 Å². The summed E-state index contributed by atoms with van der Waals surface area (Å²) in [5.74, 6) is -2.69. The quantitative estimate of drug-likeness (QED) is 0.196. The highest BCUT2D eigenvalue weighted by atomic mass is 16.6. The Hall–Kier alpha value is -3.10. The van der Waals surface area contributed by atoms with Crippen LogP contribution in [-0.2, 0) is 47.7 Å². The molecule has 0 unspecified atom stereocenters. The van der Waals surface area contributed by atoms with Crippen LogP contribution in [0.4, 0.5) is 0 Å². The number of rotatable bonds is 0. The molecule has 0 amide bonds. The fourth-order valence-electron chi connectivity index (χ4n) is 0.202. The van der Waals surface area contributed by atoms with Gasteiger partial charge in [0.2, 0.25) is 0 Å². The minimum absolute atomic E-state index is 0.245. The van der Waals surface area contributed by atoms with Gasteiger partial charge in [0.05, 0.1) is 21.3 Å². The van der Waals surface area contributed by atoms with E-state index in [0.29, 0.717) is 0 Å². The summed E-state index contributed by atoms with van der Waals surface area (Å²) in [4.78, 5) is 57.4. The van der Waals surface area contributed by atoms with Crippen LogP contribution in [0.3, 0.4) is 0 Å². The average molecular weight is 481 g/mol. The van der Waals surface area contributed by atoms with Gasteiger partial charge in [-0.05, 0) is 0 Å². The maximum Gasteiger partial charge on any atom is 0.310 e. The van der Waals surface area contributed by atoms with Crippen LogP contribution >= 0.6 is 0 Å². The van der Waals surface area contributed by atoms with Crippen molar-refractivity contribution in [1.29, 1.82) is 0 Å². The van der Waals surface area contributed by atoms with E-state index in [1.807, 2.05) is 0 Å². The van der Waals surface area contributed by atoms with E-state index in [4.69, 9.17) is 25.2 Å². The van der Waals surface area contributed by atoms with Crippen LogP contribution in [0.1, 0.15) is 41.5 Å². The third kappa shape index (κ3) is 379. The molecule has 0 fully saturated rings. The van der Waals surface area contributed by atoms with E-state index in [-0.39, 0.29) is 17.9 Å². The lowest BCUT2D eigenvalue weighted by Gasteiger charge is -1.87. The molecule has 14 nitrogen and oxygen atoms in total. The molecule has 0 rings (SSSR count). The molecule has 0 heterocycles. The SMILES string of the molecule is CC(=O)O.CC(=O)OC(C)=O.CO.CO.CO.COC(C)=O.COC(C)=O.COC(C)=O. The molecule has 0 spiro atoms. The number of carbonyl (C=O) groups is 6. The standard InChI is InChI=1S/C4H6O3.3C3H6O2.C2H4O2.3CH4O/c1-3(5)7-4(2)6;3*1-3(4)5-2;1-2(3)4;3*1-2/h1-2H3;3*1-2H3;1H3,(H,3,4);3*2H,1H3. The molecule has 0 aromatic heterocycles. The Morgan fingerprint density at radius 3 is 0.531 bits per heavy atom. The van der Waals surface area contributed by atoms with E-state index in [0.717, 1.165) is 28.3 Å². The molecule has 0 aliphatic rings. The van der Waals surface area contributed by atoms with E-state index in [2.05, 4.69) is 18.9 Å². The second-order valence-corrected chi connectivity index (χ2v) is 3.69. The van der Waals surface area contributed by atoms with Crippen molar-refractivity contribution in [3.8, 4) is 0 Å². The summed E-state index contributed by atoms with van der Waals surface area (Å²) >= 11 is 0. The fraction of sp³-hybridized carbons (Fsp3) is 0.667. The van der Waals surface area contributed by atoms with E-state index in [1.165, 1.54) is 55.9 Å². The Labute approximate surface area is 189 Å². The normalized spacial score (nSPS) is 6.22. The van der Waals surface area contributed by atoms with Crippen molar-refractivity contribution >= 4 is 35.8 Å². The maximum absolute atomic E-state index is 9.81. The minimum atomic E-state index is -0.833. The van der Waals surface area contributed by atoms with Crippen molar-refractivity contribution < 1.29 is 68.1 Å². The number of hydrogen-bond donors (Lipinski definition) is 4. The third-order valence-electron chi connectivity index (χ3n) is 1.15. The smallest absolute Gasteiger partial charge is 0.310 e. The molecule has 0 atom stereocenters. The molecule has 0 saturated carbocycles. The molecule has 0 radical (unpaired) electrons. The zero-order valence-corrected chi connectivity index (χ0v) is 20.9. The van der Waals surface area contributed by atoms with Gasteiger partial charge in [0.25, 0.3) is 5.97 Å². The van der Waals surface area contributed by atoms with Gasteiger partial charge in [-0.15, -0.1) is 0 Å². The van der Waals surface area contributed by atoms with Crippen molar-refractivity contribution in [2.45, 2.75) is 41.5 Å². The summed E-state index contributed by atoms with van der Waals surface area (Å²) in [5, 5.41) is 28.4. The largest absolute Gasteiger partial charge is 0.481 e. The van der Waals surface area contributed by atoms with Crippen LogP contribution in [0.15, 0.2) is 0 Å². The Bertz CT molecular complexity index is 384. The Balaban J connectivity index is -0.0000000357. The number of aliphatic hydroxyl groups excluding tert-OH is 3. The van der Waals surface area contributed by atoms with Gasteiger partial charge in [-0.25, -0.2) is 0 Å². The van der Waals surface area contributed by atoms with Crippen molar-refractivity contribution in [2.75, 3.05) is 42.7 Å². The number of carboxylic acids is 1. The van der Waals surface area contributed by atoms with Gasteiger partial charge in [0, 0.05) is 62.9 Å². The highest BCUT2D eigenvalue weighted by molar-refractivity contribution is 5.82. The third-order valence-corrected chi connectivity index (χ3v) is 1.15. The van der Waals surface area contributed by atoms with E-state index in [1.54, 1.807) is 0 Å². The van der Waals surface area contributed by atoms with Gasteiger partial charge in [0.15, 0.2) is 0 Å². The molecule has 0 aliphatic heterocycles. The van der Waals surface area contributed by atoms with E-state index in [9.17, 15) is 24.0 Å². The van der Waals surface area contributed by atoms with Gasteiger partial charge >= 0.3 is 29.8 Å². The van der Waals surface area contributed by atoms with Gasteiger partial charge in [-0.2, -0.15) is 0 Å². The zero-order valence-electron chi connectivity index (χ0n) is 20.9. The monoisotopic (exact) mass is 480 g/mol. The maximum atomic E-state index is 9.81. The first kappa shape index (κ1) is 51.5. The first-order valence-corrected chi connectivity index (χ1v) is 8.04. The van der Waals surface area contributed by atoms with Gasteiger partial charge in [-0.1, -0.05) is 0 Å². The van der Waals surface area contributed by atoms with Crippen molar-refractivity contribution in [3.63, 3.8) is 0 Å². The summed E-state index contributed by atoms with van der Waals surface area (Å²) in [6.07, 6.45) is 0. The summed E-state index contributed by atoms with van der Waals surface area (Å²) in [6, 6.07) is 0. The predicted octanol–water partition coefficient (Wildman–Crippen LogP) is -0.450. The van der Waals surface area contributed by atoms with Crippen molar-refractivity contribution in [1.82, 2.24) is 0 Å². The lowest BCUT2D eigenvalue weighted by Crippen LogP contribution is -2.03. The Morgan fingerprint density at radius 1 is 0.438 bits per heavy atom. The number of methoxy groups -OCH3 is 3. The topological polar surface area (TPSA) is 220 Å². The Kier molecular flexibility index (Phi) is 91.0. The molecule has 0 aliphatic carbocycles. The molecule has 14 heteroatoms. The minimum Gasteiger partial charge on any atom is -0.481 e. The summed E-state index contributed by atoms with van der Waals surface area (Å²) in [5.41, 5.74) is 0. The second-order valence-electron chi connectivity index (χ2n) is 3.69. The summed E-state index contributed by atoms with van der Waals surface area (Å²) < 4.78 is 16.3. The molecule has 0 aromatic rings. The number of carbonyl (C=O) groups excluding carboxylic acids is 5. The fourth-order valence-corrected chi connectivity index (χ4v) is 0.202. The summed E-state index contributed by atoms with van der Waals surface area (Å²) in [7, 11) is 7.05. The highest BCUT2D eigenvalue weighted by Gasteiger charge is 1.93. The number of hydrogen-bond acceptors (Lipinski definition) is 13. The van der Waals surface area contributed by atoms with Crippen LogP contribution in [0.25, 0.3) is 0 Å². The van der Waals surface area contributed by atoms with Crippen LogP contribution < -0.4 is 0 Å². The molecule has 4 N–H and O–H groups in total. The van der Waals surface area contributed by atoms with Crippen LogP contribution in [0, 0.1) is 0 Å². The molecular weight excluding hydrogens is 440 g/mol. The lowest BCUT2D eigenvalue weighted by molar-refractivity contribution is -0.156. The number of carboxylic acid groups (broad SMARTS) is 1. The number of esters is 5. The highest BCUT2D eigenvalue weighted by Crippen LogP contribution is 1.73. The molecule has 0 bridgehead atoms. The van der Waals surface area contributed by atoms with Gasteiger partial charge < -0.3 is 39.4 Å². The molecule has 0 saturated heterocycles. The van der Waals surface area contributed by atoms with Crippen molar-refractivity contribution in [2.24, 2.45) is 0 Å². The van der Waals surface area contributed by atoms with Gasteiger partial charge in [-0.3, -0.25) is 28.8 Å². The lowest BCUT2D eigenvalue weighted by atomic mass is 10.7. The first-order chi connectivity index (χ1) is 14.7. The average Bonchev–Trinajstić information content (AvgIpc) is 2.72. The number of aliphatic carboxylic acids is 1. The summed E-state index contributed by atoms with van der Waals surface area (Å²) in [6.45, 7) is 7.53. The number of aliphatic hydroxyl groups is 3. The first-order valence-electron chi connectivity index (χ1n) is 8.04. The molecular formula is C18H40O14. The molecule has 32 heavy (non-hydrogen) atoms. The van der Waals surface area contributed by atoms with E-state index >= 15 is 0 Å². The van der Waals surface area contributed by atoms with Crippen LogP contribution in [0.5, 0.6) is 0 Å². The predicted molar refractivity (Wildman–Crippen MR) is 113 cm³/mol. The van der Waals surface area contributed by atoms with E-state index < -0.39 is 17.9 Å². The van der Waals surface area contributed by atoms with Crippen LogP contribution in [0.2, 0.25) is 0 Å². The zero-order chi connectivity index (χ0) is 28.3. The van der Waals surface area contributed by atoms with Gasteiger partial charge in [0.1, 0.15) is 0 Å². The molecule has 0 aromatic carbocycles. The molecule has 196 valence electrons. The Morgan fingerprint density at radius 2 is 0.531 bits per heavy atom.